The van der Waals surface area contributed by atoms with Gasteiger partial charge >= 0.3 is 11.9 Å². The van der Waals surface area contributed by atoms with Crippen molar-refractivity contribution in [3.8, 4) is 0 Å². The molecular weight excluding hydrogens is 496 g/mol. The van der Waals surface area contributed by atoms with Crippen molar-refractivity contribution >= 4 is 23.5 Å². The zero-order chi connectivity index (χ0) is 27.4. The molecule has 4 heterocycles. The zero-order valence-electron chi connectivity index (χ0n) is 21.7. The van der Waals surface area contributed by atoms with Gasteiger partial charge in [-0.15, -0.1) is 0 Å². The van der Waals surface area contributed by atoms with Gasteiger partial charge < -0.3 is 29.5 Å². The second-order valence-corrected chi connectivity index (χ2v) is 13.1. The van der Waals surface area contributed by atoms with E-state index in [9.17, 15) is 34.5 Å². The molecule has 204 valence electrons. The summed E-state index contributed by atoms with van der Waals surface area (Å²) < 4.78 is 18.0. The summed E-state index contributed by atoms with van der Waals surface area (Å²) in [6.07, 6.45) is 2.64. The number of aliphatic hydroxyl groups excluding tert-OH is 1. The predicted molar refractivity (Wildman–Crippen MR) is 126 cm³/mol. The molecule has 7 aliphatic rings. The largest absolute Gasteiger partial charge is 0.458 e. The molecule has 4 bridgehead atoms. The maximum absolute atomic E-state index is 14.6. The Bertz CT molecular complexity index is 1300. The number of ketones is 2. The van der Waals surface area contributed by atoms with E-state index in [4.69, 9.17) is 14.2 Å². The molecule has 5 fully saturated rings. The highest BCUT2D eigenvalue weighted by atomic mass is 16.7. The van der Waals surface area contributed by atoms with Gasteiger partial charge in [0.05, 0.1) is 29.3 Å². The number of carbonyl (C=O) groups excluding carboxylic acids is 4. The summed E-state index contributed by atoms with van der Waals surface area (Å²) >= 11 is 0. The van der Waals surface area contributed by atoms with Gasteiger partial charge in [-0.3, -0.25) is 14.4 Å². The van der Waals surface area contributed by atoms with E-state index in [1.165, 1.54) is 13.0 Å². The third kappa shape index (κ3) is 2.19. The maximum Gasteiger partial charge on any atom is 0.342 e. The number of hydrogen-bond donors (Lipinski definition) is 3. The highest BCUT2D eigenvalue weighted by Gasteiger charge is 2.92. The van der Waals surface area contributed by atoms with Crippen LogP contribution in [0.3, 0.4) is 0 Å². The molecule has 4 aliphatic heterocycles. The first-order valence-electron chi connectivity index (χ1n) is 13.4. The number of hydrogen-bond acceptors (Lipinski definition) is 10. The minimum Gasteiger partial charge on any atom is -0.458 e. The number of esters is 2. The highest BCUT2D eigenvalue weighted by Crippen LogP contribution is 2.73. The lowest BCUT2D eigenvalue weighted by molar-refractivity contribution is -0.350. The summed E-state index contributed by atoms with van der Waals surface area (Å²) in [6, 6.07) is 0. The molecule has 7 rings (SSSR count). The van der Waals surface area contributed by atoms with Crippen molar-refractivity contribution in [2.45, 2.75) is 88.2 Å². The average Bonchev–Trinajstić information content (AvgIpc) is 3.19. The van der Waals surface area contributed by atoms with Crippen LogP contribution in [0, 0.1) is 34.5 Å². The van der Waals surface area contributed by atoms with Crippen molar-refractivity contribution in [2.75, 3.05) is 0 Å². The van der Waals surface area contributed by atoms with Gasteiger partial charge in [0.1, 0.15) is 11.9 Å². The van der Waals surface area contributed by atoms with Crippen molar-refractivity contribution < 1.29 is 48.7 Å². The van der Waals surface area contributed by atoms with Crippen LogP contribution in [-0.4, -0.2) is 73.6 Å². The van der Waals surface area contributed by atoms with Gasteiger partial charge in [-0.05, 0) is 50.0 Å². The van der Waals surface area contributed by atoms with Crippen LogP contribution in [0.25, 0.3) is 0 Å². The molecule has 10 nitrogen and oxygen atoms in total. The van der Waals surface area contributed by atoms with Gasteiger partial charge in [-0.25, -0.2) is 4.79 Å². The number of carbonyl (C=O) groups is 4. The second-order valence-electron chi connectivity index (χ2n) is 13.1. The zero-order valence-corrected chi connectivity index (χ0v) is 21.7. The molecule has 4 saturated heterocycles. The van der Waals surface area contributed by atoms with E-state index in [0.717, 1.165) is 0 Å². The first kappa shape index (κ1) is 24.6. The highest BCUT2D eigenvalue weighted by molar-refractivity contribution is 5.99. The topological polar surface area (TPSA) is 157 Å². The van der Waals surface area contributed by atoms with Gasteiger partial charge in [0, 0.05) is 6.42 Å². The Labute approximate surface area is 219 Å². The second kappa shape index (κ2) is 6.66. The van der Waals surface area contributed by atoms with Gasteiger partial charge in [-0.1, -0.05) is 32.1 Å². The molecule has 0 aromatic rings. The fourth-order valence-corrected chi connectivity index (χ4v) is 9.48. The Hall–Kier alpha value is -2.40. The molecule has 0 amide bonds. The number of Topliss-reactive ketones (excluding diaryl/α,β-unsaturated/α-hetero) is 2. The van der Waals surface area contributed by atoms with Crippen LogP contribution in [0.5, 0.6) is 0 Å². The molecule has 0 radical (unpaired) electrons. The van der Waals surface area contributed by atoms with E-state index in [-0.39, 0.29) is 31.5 Å². The maximum atomic E-state index is 14.6. The van der Waals surface area contributed by atoms with Gasteiger partial charge in [0.15, 0.2) is 22.6 Å². The van der Waals surface area contributed by atoms with E-state index < -0.39 is 87.0 Å². The molecule has 0 aromatic carbocycles. The van der Waals surface area contributed by atoms with Crippen LogP contribution in [0.4, 0.5) is 0 Å². The van der Waals surface area contributed by atoms with E-state index >= 15 is 0 Å². The predicted octanol–water partition coefficient (Wildman–Crippen LogP) is 0.510. The standard InChI is InChI=1S/C28H32O10/c1-12-21(32)36-17-11-23(12,2)19-20(31)27(35)18-14(24(3)13(10-15(18)29)6-5-7-16(24)30)8-9-26(34)22(33)37-25(17,4)28(19,26)38-27/h5-6,10,12,14-15,17-19,29,34-35H,7-9,11H2,1-4H3/t12-,14?,15-,17+,18?,19?,23-,24+,25+,26-,27-,28+/m1/s1. The number of ether oxygens (including phenoxy) is 3. The van der Waals surface area contributed by atoms with E-state index in [1.807, 2.05) is 0 Å². The molecule has 10 heteroatoms. The van der Waals surface area contributed by atoms with Crippen molar-refractivity contribution in [3.63, 3.8) is 0 Å². The third-order valence-corrected chi connectivity index (χ3v) is 11.8. The van der Waals surface area contributed by atoms with Gasteiger partial charge in [0.2, 0.25) is 5.79 Å². The quantitative estimate of drug-likeness (QED) is 0.379. The molecule has 38 heavy (non-hydrogen) atoms. The summed E-state index contributed by atoms with van der Waals surface area (Å²) in [5, 5.41) is 36.1. The Morgan fingerprint density at radius 1 is 1.08 bits per heavy atom. The number of fused-ring (bicyclic) bond motifs is 9. The van der Waals surface area contributed by atoms with Crippen molar-refractivity contribution in [1.82, 2.24) is 0 Å². The summed E-state index contributed by atoms with van der Waals surface area (Å²) in [5.41, 5.74) is -8.02. The van der Waals surface area contributed by atoms with Crippen molar-refractivity contribution in [2.24, 2.45) is 34.5 Å². The number of rotatable bonds is 0. The summed E-state index contributed by atoms with van der Waals surface area (Å²) in [4.78, 5) is 54.6. The SMILES string of the molecule is C[C@@H]1C(=O)O[C@H]2C[C@@]1(C)C1C(=O)[C@]3(O)O[C@@]14[C@@](O)(CCC1C3[C@H](O)C=C3C=CCC(=O)[C@@]31C)C(=O)O[C@@]24C. The van der Waals surface area contributed by atoms with Crippen LogP contribution in [-0.2, 0) is 33.4 Å². The Morgan fingerprint density at radius 2 is 1.79 bits per heavy atom. The van der Waals surface area contributed by atoms with Crippen LogP contribution in [0.15, 0.2) is 23.8 Å². The van der Waals surface area contributed by atoms with E-state index in [2.05, 4.69) is 0 Å². The molecule has 3 aliphatic carbocycles. The van der Waals surface area contributed by atoms with Crippen LogP contribution in [0.1, 0.15) is 53.4 Å². The van der Waals surface area contributed by atoms with E-state index in [0.29, 0.717) is 5.57 Å². The Kier molecular flexibility index (Phi) is 4.31. The van der Waals surface area contributed by atoms with Crippen molar-refractivity contribution in [3.05, 3.63) is 23.8 Å². The lowest BCUT2D eigenvalue weighted by atomic mass is 9.46. The first-order chi connectivity index (χ1) is 17.6. The van der Waals surface area contributed by atoms with Crippen molar-refractivity contribution in [1.29, 1.82) is 0 Å². The summed E-state index contributed by atoms with van der Waals surface area (Å²) in [7, 11) is 0. The Morgan fingerprint density at radius 3 is 2.50 bits per heavy atom. The molecule has 1 spiro atoms. The summed E-state index contributed by atoms with van der Waals surface area (Å²) in [5.74, 6) is -9.49. The van der Waals surface area contributed by atoms with E-state index in [1.54, 1.807) is 32.9 Å². The number of aliphatic hydroxyl groups is 3. The lowest BCUT2D eigenvalue weighted by Gasteiger charge is -2.61. The fraction of sp³-hybridized carbons (Fsp3) is 0.714. The third-order valence-electron chi connectivity index (χ3n) is 11.8. The molecular formula is C28H32O10. The monoisotopic (exact) mass is 528 g/mol. The average molecular weight is 529 g/mol. The molecule has 3 N–H and O–H groups in total. The van der Waals surface area contributed by atoms with Crippen LogP contribution < -0.4 is 0 Å². The summed E-state index contributed by atoms with van der Waals surface area (Å²) in [6.45, 7) is 6.53. The fourth-order valence-electron chi connectivity index (χ4n) is 9.48. The molecule has 0 aromatic heterocycles. The molecule has 12 atom stereocenters. The Balaban J connectivity index is 1.52. The van der Waals surface area contributed by atoms with Gasteiger partial charge in [-0.2, -0.15) is 0 Å². The van der Waals surface area contributed by atoms with Crippen LogP contribution in [0.2, 0.25) is 0 Å². The minimum atomic E-state index is -2.67. The smallest absolute Gasteiger partial charge is 0.342 e. The van der Waals surface area contributed by atoms with Gasteiger partial charge in [0.25, 0.3) is 0 Å². The number of allylic oxidation sites excluding steroid dienone is 3. The van der Waals surface area contributed by atoms with Crippen LogP contribution >= 0.6 is 0 Å². The molecule has 1 saturated carbocycles. The normalized spacial score (nSPS) is 58.1. The first-order valence-corrected chi connectivity index (χ1v) is 13.4. The molecule has 3 unspecified atom stereocenters. The minimum absolute atomic E-state index is 0.0287. The lowest BCUT2D eigenvalue weighted by Crippen LogP contribution is -2.78.